The van der Waals surface area contributed by atoms with Gasteiger partial charge in [0.25, 0.3) is 0 Å². The average Bonchev–Trinajstić information content (AvgIpc) is 2.44. The summed E-state index contributed by atoms with van der Waals surface area (Å²) in [5.41, 5.74) is 6.26. The van der Waals surface area contributed by atoms with Gasteiger partial charge in [-0.3, -0.25) is 9.59 Å². The minimum atomic E-state index is -0.376. The van der Waals surface area contributed by atoms with Gasteiger partial charge in [-0.05, 0) is 12.0 Å². The first kappa shape index (κ1) is 16.2. The minimum absolute atomic E-state index is 0.0170. The van der Waals surface area contributed by atoms with Crippen LogP contribution >= 0.6 is 0 Å². The zero-order valence-corrected chi connectivity index (χ0v) is 12.3. The molecule has 0 heterocycles. The first-order valence-corrected chi connectivity index (χ1v) is 7.15. The number of nitrogens with zero attached hydrogens (tertiary/aromatic N) is 1. The summed E-state index contributed by atoms with van der Waals surface area (Å²) < 4.78 is 0. The highest BCUT2D eigenvalue weighted by molar-refractivity contribution is 5.79. The third kappa shape index (κ3) is 5.43. The van der Waals surface area contributed by atoms with Crippen LogP contribution in [0.4, 0.5) is 0 Å². The molecule has 0 aliphatic carbocycles. The highest BCUT2D eigenvalue weighted by atomic mass is 16.2. The molecule has 0 saturated carbocycles. The van der Waals surface area contributed by atoms with E-state index in [1.165, 1.54) is 0 Å². The van der Waals surface area contributed by atoms with Crippen molar-refractivity contribution in [3.63, 3.8) is 0 Å². The highest BCUT2D eigenvalue weighted by Crippen LogP contribution is 2.13. The molecule has 0 bridgehead atoms. The summed E-state index contributed by atoms with van der Waals surface area (Å²) in [6.07, 6.45) is 2.04. The van der Waals surface area contributed by atoms with Gasteiger partial charge in [-0.1, -0.05) is 50.6 Å². The van der Waals surface area contributed by atoms with Gasteiger partial charge in [-0.15, -0.1) is 0 Å². The van der Waals surface area contributed by atoms with Gasteiger partial charge in [0, 0.05) is 25.4 Å². The van der Waals surface area contributed by atoms with Crippen LogP contribution < -0.4 is 5.73 Å². The molecule has 1 rings (SSSR count). The highest BCUT2D eigenvalue weighted by Gasteiger charge is 2.20. The number of carbonyl (C=O) groups excluding carboxylic acids is 2. The van der Waals surface area contributed by atoms with E-state index in [4.69, 9.17) is 5.73 Å². The number of carbonyl (C=O) groups is 2. The Labute approximate surface area is 121 Å². The monoisotopic (exact) mass is 276 g/mol. The Bertz CT molecular complexity index is 431. The standard InChI is InChI=1S/C16H24N2O2/c1-3-7-13(2)16(20)18(11-10-15(17)19)12-14-8-5-4-6-9-14/h4-6,8-9,13H,3,7,10-12H2,1-2H3,(H2,17,19). The van der Waals surface area contributed by atoms with Gasteiger partial charge < -0.3 is 10.6 Å². The molecule has 2 amide bonds. The van der Waals surface area contributed by atoms with Crippen LogP contribution in [-0.4, -0.2) is 23.3 Å². The second-order valence-corrected chi connectivity index (χ2v) is 5.15. The predicted octanol–water partition coefficient (Wildman–Crippen LogP) is 2.33. The molecule has 20 heavy (non-hydrogen) atoms. The van der Waals surface area contributed by atoms with Crippen LogP contribution in [0.3, 0.4) is 0 Å². The Morgan fingerprint density at radius 2 is 1.90 bits per heavy atom. The van der Waals surface area contributed by atoms with E-state index < -0.39 is 0 Å². The summed E-state index contributed by atoms with van der Waals surface area (Å²) in [5, 5.41) is 0. The molecule has 1 atom stereocenters. The molecule has 0 aromatic heterocycles. The fourth-order valence-corrected chi connectivity index (χ4v) is 2.18. The number of benzene rings is 1. The molecule has 0 fully saturated rings. The van der Waals surface area contributed by atoms with Crippen LogP contribution in [0.2, 0.25) is 0 Å². The van der Waals surface area contributed by atoms with Gasteiger partial charge in [-0.25, -0.2) is 0 Å². The molecule has 0 aliphatic rings. The van der Waals surface area contributed by atoms with Crippen LogP contribution in [0, 0.1) is 5.92 Å². The lowest BCUT2D eigenvalue weighted by molar-refractivity contribution is -0.136. The van der Waals surface area contributed by atoms with E-state index in [-0.39, 0.29) is 24.2 Å². The van der Waals surface area contributed by atoms with Crippen molar-refractivity contribution in [1.82, 2.24) is 4.90 Å². The lowest BCUT2D eigenvalue weighted by atomic mass is 10.0. The Balaban J connectivity index is 2.73. The maximum Gasteiger partial charge on any atom is 0.225 e. The molecule has 110 valence electrons. The lowest BCUT2D eigenvalue weighted by Gasteiger charge is -2.25. The predicted molar refractivity (Wildman–Crippen MR) is 79.7 cm³/mol. The van der Waals surface area contributed by atoms with Crippen molar-refractivity contribution < 1.29 is 9.59 Å². The lowest BCUT2D eigenvalue weighted by Crippen LogP contribution is -2.37. The Morgan fingerprint density at radius 3 is 2.45 bits per heavy atom. The number of nitrogens with two attached hydrogens (primary N) is 1. The van der Waals surface area contributed by atoms with E-state index in [2.05, 4.69) is 6.92 Å². The summed E-state index contributed by atoms with van der Waals surface area (Å²) >= 11 is 0. The Hall–Kier alpha value is -1.84. The number of hydrogen-bond donors (Lipinski definition) is 1. The maximum atomic E-state index is 12.4. The Kier molecular flexibility index (Phi) is 6.77. The molecule has 0 saturated heterocycles. The molecule has 2 N–H and O–H groups in total. The summed E-state index contributed by atoms with van der Waals surface area (Å²) in [7, 11) is 0. The molecule has 1 aromatic carbocycles. The number of primary amides is 1. The molecule has 1 aromatic rings. The van der Waals surface area contributed by atoms with E-state index in [0.29, 0.717) is 13.1 Å². The first-order chi connectivity index (χ1) is 9.54. The molecule has 4 heteroatoms. The molecule has 1 unspecified atom stereocenters. The van der Waals surface area contributed by atoms with Crippen LogP contribution in [0.1, 0.15) is 38.7 Å². The summed E-state index contributed by atoms with van der Waals surface area (Å²) in [6.45, 7) is 4.92. The van der Waals surface area contributed by atoms with Crippen molar-refractivity contribution in [2.24, 2.45) is 11.7 Å². The quantitative estimate of drug-likeness (QED) is 0.792. The van der Waals surface area contributed by atoms with Gasteiger partial charge in [0.15, 0.2) is 0 Å². The maximum absolute atomic E-state index is 12.4. The first-order valence-electron chi connectivity index (χ1n) is 7.15. The van der Waals surface area contributed by atoms with Crippen LogP contribution in [-0.2, 0) is 16.1 Å². The smallest absolute Gasteiger partial charge is 0.225 e. The van der Waals surface area contributed by atoms with Crippen molar-refractivity contribution in [1.29, 1.82) is 0 Å². The van der Waals surface area contributed by atoms with Crippen molar-refractivity contribution in [2.75, 3.05) is 6.54 Å². The molecule has 0 aliphatic heterocycles. The molecule has 0 radical (unpaired) electrons. The van der Waals surface area contributed by atoms with Crippen molar-refractivity contribution in [3.8, 4) is 0 Å². The Morgan fingerprint density at radius 1 is 1.25 bits per heavy atom. The minimum Gasteiger partial charge on any atom is -0.370 e. The van der Waals surface area contributed by atoms with Crippen LogP contribution in [0.15, 0.2) is 30.3 Å². The third-order valence-electron chi connectivity index (χ3n) is 3.30. The van der Waals surface area contributed by atoms with Crippen molar-refractivity contribution in [3.05, 3.63) is 35.9 Å². The zero-order valence-electron chi connectivity index (χ0n) is 12.3. The van der Waals surface area contributed by atoms with E-state index >= 15 is 0 Å². The van der Waals surface area contributed by atoms with Crippen LogP contribution in [0.25, 0.3) is 0 Å². The van der Waals surface area contributed by atoms with Gasteiger partial charge >= 0.3 is 0 Å². The van der Waals surface area contributed by atoms with Gasteiger partial charge in [0.2, 0.25) is 11.8 Å². The largest absolute Gasteiger partial charge is 0.370 e. The third-order valence-corrected chi connectivity index (χ3v) is 3.30. The molecular weight excluding hydrogens is 252 g/mol. The fourth-order valence-electron chi connectivity index (χ4n) is 2.18. The van der Waals surface area contributed by atoms with E-state index in [1.54, 1.807) is 4.90 Å². The normalized spacial score (nSPS) is 11.9. The number of hydrogen-bond acceptors (Lipinski definition) is 2. The molecule has 0 spiro atoms. The van der Waals surface area contributed by atoms with E-state index in [1.807, 2.05) is 37.3 Å². The number of amides is 2. The zero-order chi connectivity index (χ0) is 15.0. The van der Waals surface area contributed by atoms with E-state index in [0.717, 1.165) is 18.4 Å². The van der Waals surface area contributed by atoms with Crippen molar-refractivity contribution >= 4 is 11.8 Å². The summed E-state index contributed by atoms with van der Waals surface area (Å²) in [5.74, 6) is -0.299. The summed E-state index contributed by atoms with van der Waals surface area (Å²) in [6, 6.07) is 9.80. The molecular formula is C16H24N2O2. The second-order valence-electron chi connectivity index (χ2n) is 5.15. The van der Waals surface area contributed by atoms with Gasteiger partial charge in [-0.2, -0.15) is 0 Å². The molecule has 4 nitrogen and oxygen atoms in total. The second kappa shape index (κ2) is 8.35. The average molecular weight is 276 g/mol. The van der Waals surface area contributed by atoms with Crippen LogP contribution in [0.5, 0.6) is 0 Å². The fraction of sp³-hybridized carbons (Fsp3) is 0.500. The van der Waals surface area contributed by atoms with E-state index in [9.17, 15) is 9.59 Å². The topological polar surface area (TPSA) is 63.4 Å². The SMILES string of the molecule is CCCC(C)C(=O)N(CCC(N)=O)Cc1ccccc1. The van der Waals surface area contributed by atoms with Gasteiger partial charge in [0.1, 0.15) is 0 Å². The van der Waals surface area contributed by atoms with Crippen molar-refractivity contribution in [2.45, 2.75) is 39.7 Å². The number of rotatable bonds is 8. The summed E-state index contributed by atoms with van der Waals surface area (Å²) in [4.78, 5) is 25.1. The van der Waals surface area contributed by atoms with Gasteiger partial charge in [0.05, 0.1) is 0 Å².